The van der Waals surface area contributed by atoms with Gasteiger partial charge in [-0.1, -0.05) is 0 Å². The molecule has 2 aromatic carbocycles. The van der Waals surface area contributed by atoms with E-state index in [1.807, 2.05) is 6.07 Å². The number of carbonyl (C=O) groups is 1. The highest BCUT2D eigenvalue weighted by molar-refractivity contribution is 7.86. The topological polar surface area (TPSA) is 136 Å². The summed E-state index contributed by atoms with van der Waals surface area (Å²) in [6.07, 6.45) is 2.10. The Bertz CT molecular complexity index is 1560. The van der Waals surface area contributed by atoms with E-state index < -0.39 is 21.8 Å². The van der Waals surface area contributed by atoms with Crippen LogP contribution in [0.1, 0.15) is 5.69 Å². The van der Waals surface area contributed by atoms with Crippen molar-refractivity contribution in [3.8, 4) is 23.0 Å². The minimum absolute atomic E-state index is 0.280. The number of hydrogen-bond donors (Lipinski definition) is 1. The molecule has 6 rings (SSSR count). The maximum Gasteiger partial charge on any atom is 0.270 e. The number of rotatable bonds is 2. The number of carbonyl (C=O) groups excluding carboxylic acids is 1. The summed E-state index contributed by atoms with van der Waals surface area (Å²) in [5.74, 6) is 0.0515. The van der Waals surface area contributed by atoms with Gasteiger partial charge < -0.3 is 28.8 Å². The molecule has 4 heterocycles. The number of benzene rings is 2. The second-order valence-corrected chi connectivity index (χ2v) is 8.94. The van der Waals surface area contributed by atoms with Gasteiger partial charge in [0.15, 0.2) is 34.9 Å². The van der Waals surface area contributed by atoms with Crippen LogP contribution in [0.4, 0.5) is 0 Å². The number of ether oxygens (including phenoxy) is 4. The molecule has 0 saturated heterocycles. The van der Waals surface area contributed by atoms with Crippen LogP contribution < -0.4 is 28.5 Å². The first kappa shape index (κ1) is 21.0. The Morgan fingerprint density at radius 2 is 1.48 bits per heavy atom. The van der Waals surface area contributed by atoms with E-state index in [2.05, 4.69) is 47.9 Å². The highest BCUT2D eigenvalue weighted by Crippen LogP contribution is 2.39. The molecule has 1 N–H and O–H groups in total. The van der Waals surface area contributed by atoms with Crippen molar-refractivity contribution in [1.82, 2.24) is 0 Å². The molecule has 0 saturated carbocycles. The van der Waals surface area contributed by atoms with Gasteiger partial charge >= 0.3 is 0 Å². The van der Waals surface area contributed by atoms with Crippen LogP contribution in [0.2, 0.25) is 0 Å². The Hall–Kier alpha value is -3.83. The Labute approximate surface area is 187 Å². The first-order chi connectivity index (χ1) is 15.7. The SMILES string of the molecule is Cc1c2cc3c(cc2cc2c4cc5c(cc4cc[n+]12)OCO5)OCO3.O=C([O-])CS(=O)(=O)O. The van der Waals surface area contributed by atoms with Crippen LogP contribution in [-0.4, -0.2) is 38.3 Å². The molecule has 0 atom stereocenters. The molecule has 33 heavy (non-hydrogen) atoms. The number of aliphatic carboxylic acids is 1. The molecular weight excluding hydrogens is 454 g/mol. The lowest BCUT2D eigenvalue weighted by Gasteiger charge is -2.06. The van der Waals surface area contributed by atoms with Crippen LogP contribution in [-0.2, 0) is 14.9 Å². The first-order valence-electron chi connectivity index (χ1n) is 9.75. The Morgan fingerprint density at radius 1 is 0.939 bits per heavy atom. The quantitative estimate of drug-likeness (QED) is 0.197. The van der Waals surface area contributed by atoms with Crippen molar-refractivity contribution in [2.24, 2.45) is 0 Å². The van der Waals surface area contributed by atoms with E-state index in [0.717, 1.165) is 55.8 Å². The smallest absolute Gasteiger partial charge is 0.270 e. The third-order valence-electron chi connectivity index (χ3n) is 5.37. The summed E-state index contributed by atoms with van der Waals surface area (Å²) in [5, 5.41) is 13.9. The maximum absolute atomic E-state index is 9.58. The fraction of sp³-hybridized carbons (Fsp3) is 0.182. The lowest BCUT2D eigenvalue weighted by atomic mass is 10.0. The average molecular weight is 471 g/mol. The van der Waals surface area contributed by atoms with Gasteiger partial charge in [-0.05, 0) is 35.0 Å². The molecule has 0 fully saturated rings. The van der Waals surface area contributed by atoms with Gasteiger partial charge in [-0.15, -0.1) is 0 Å². The second-order valence-electron chi connectivity index (χ2n) is 7.48. The average Bonchev–Trinajstić information content (AvgIpc) is 3.38. The van der Waals surface area contributed by atoms with E-state index >= 15 is 0 Å². The minimum Gasteiger partial charge on any atom is -0.549 e. The molecule has 0 amide bonds. The van der Waals surface area contributed by atoms with E-state index in [4.69, 9.17) is 23.5 Å². The highest BCUT2D eigenvalue weighted by atomic mass is 32.2. The maximum atomic E-state index is 9.58. The number of carboxylic acids is 1. The van der Waals surface area contributed by atoms with Crippen molar-refractivity contribution in [3.63, 3.8) is 0 Å². The number of aromatic nitrogens is 1. The summed E-state index contributed by atoms with van der Waals surface area (Å²) in [4.78, 5) is 9.36. The molecule has 170 valence electrons. The van der Waals surface area contributed by atoms with Gasteiger partial charge in [0.05, 0.1) is 16.7 Å². The highest BCUT2D eigenvalue weighted by Gasteiger charge is 2.22. The minimum atomic E-state index is -4.39. The van der Waals surface area contributed by atoms with Crippen LogP contribution >= 0.6 is 0 Å². The molecule has 4 aromatic rings. The lowest BCUT2D eigenvalue weighted by molar-refractivity contribution is -0.516. The molecule has 0 aliphatic carbocycles. The van der Waals surface area contributed by atoms with Crippen molar-refractivity contribution in [1.29, 1.82) is 0 Å². The van der Waals surface area contributed by atoms with Crippen molar-refractivity contribution in [2.75, 3.05) is 19.3 Å². The Balaban J connectivity index is 0.000000249. The third-order valence-corrected chi connectivity index (χ3v) is 5.97. The normalized spacial score (nSPS) is 13.9. The standard InChI is InChI=1S/C20H14NO4.C2H4O5S/c1-11-14-7-19-18(23-10-24-19)6-13(14)4-16-15-8-20-17(22-9-25-20)5-12(15)2-3-21(11)16;3-2(4)1-8(5,6)7/h2-8H,9-10H2,1H3;1H2,(H,3,4)(H,5,6,7)/q+1;/p-1. The van der Waals surface area contributed by atoms with Gasteiger partial charge in [0.25, 0.3) is 10.1 Å². The van der Waals surface area contributed by atoms with Crippen molar-refractivity contribution < 1.29 is 46.2 Å². The molecule has 2 aliphatic heterocycles. The van der Waals surface area contributed by atoms with Gasteiger partial charge in [0.1, 0.15) is 5.75 Å². The van der Waals surface area contributed by atoms with Crippen molar-refractivity contribution in [2.45, 2.75) is 6.92 Å². The zero-order valence-electron chi connectivity index (χ0n) is 17.2. The second kappa shape index (κ2) is 7.64. The molecule has 11 heteroatoms. The van der Waals surface area contributed by atoms with Gasteiger partial charge in [-0.25, -0.2) is 0 Å². The van der Waals surface area contributed by atoms with Crippen LogP contribution in [0.25, 0.3) is 27.1 Å². The van der Waals surface area contributed by atoms with Crippen LogP contribution in [0, 0.1) is 6.92 Å². The zero-order valence-corrected chi connectivity index (χ0v) is 18.0. The number of fused-ring (bicyclic) bond motifs is 6. The predicted octanol–water partition coefficient (Wildman–Crippen LogP) is 1.12. The van der Waals surface area contributed by atoms with E-state index in [9.17, 15) is 18.3 Å². The molecular formula is C22H17NO9S. The Kier molecular flexibility index (Phi) is 4.87. The number of aryl methyl sites for hydroxylation is 1. The first-order valence-corrected chi connectivity index (χ1v) is 11.4. The fourth-order valence-corrected chi connectivity index (χ4v) is 4.24. The van der Waals surface area contributed by atoms with Gasteiger partial charge in [-0.3, -0.25) is 4.55 Å². The Morgan fingerprint density at radius 3 is 2.03 bits per heavy atom. The van der Waals surface area contributed by atoms with Crippen molar-refractivity contribution >= 4 is 43.1 Å². The molecule has 0 bridgehead atoms. The van der Waals surface area contributed by atoms with Gasteiger partial charge in [0, 0.05) is 19.1 Å². The summed E-state index contributed by atoms with van der Waals surface area (Å²) in [5.41, 5.74) is 2.28. The van der Waals surface area contributed by atoms with E-state index in [-0.39, 0.29) is 13.6 Å². The molecule has 0 unspecified atom stereocenters. The summed E-state index contributed by atoms with van der Waals surface area (Å²) < 4.78 is 51.2. The fourth-order valence-electron chi connectivity index (χ4n) is 3.94. The van der Waals surface area contributed by atoms with Crippen LogP contribution in [0.5, 0.6) is 23.0 Å². The van der Waals surface area contributed by atoms with E-state index in [0.29, 0.717) is 0 Å². The lowest BCUT2D eigenvalue weighted by Crippen LogP contribution is -2.30. The molecule has 2 aliphatic rings. The largest absolute Gasteiger partial charge is 0.549 e. The number of pyridine rings is 2. The predicted molar refractivity (Wildman–Crippen MR) is 113 cm³/mol. The van der Waals surface area contributed by atoms with Gasteiger partial charge in [0.2, 0.25) is 19.1 Å². The van der Waals surface area contributed by atoms with Crippen LogP contribution in [0.15, 0.2) is 42.6 Å². The monoisotopic (exact) mass is 471 g/mol. The summed E-state index contributed by atoms with van der Waals surface area (Å²) in [6.45, 7) is 2.68. The molecule has 0 radical (unpaired) electrons. The van der Waals surface area contributed by atoms with Gasteiger partial charge in [-0.2, -0.15) is 12.8 Å². The number of nitrogens with zero attached hydrogens (tertiary/aromatic N) is 1. The van der Waals surface area contributed by atoms with Crippen LogP contribution in [0.3, 0.4) is 0 Å². The summed E-state index contributed by atoms with van der Waals surface area (Å²) in [7, 11) is -4.39. The van der Waals surface area contributed by atoms with Crippen molar-refractivity contribution in [3.05, 3.63) is 48.3 Å². The molecule has 10 nitrogen and oxygen atoms in total. The summed E-state index contributed by atoms with van der Waals surface area (Å²) in [6, 6.07) is 12.5. The van der Waals surface area contributed by atoms with E-state index in [1.165, 1.54) is 0 Å². The molecule has 0 spiro atoms. The number of hydrogen-bond acceptors (Lipinski definition) is 8. The summed E-state index contributed by atoms with van der Waals surface area (Å²) >= 11 is 0. The molecule has 2 aromatic heterocycles. The van der Waals surface area contributed by atoms with E-state index in [1.54, 1.807) is 0 Å². The zero-order chi connectivity index (χ0) is 23.3. The third kappa shape index (κ3) is 3.92. The number of carboxylic acid groups (broad SMARTS) is 1.